The van der Waals surface area contributed by atoms with Crippen LogP contribution in [0.3, 0.4) is 0 Å². The maximum absolute atomic E-state index is 3.82. The average molecular weight is 253 g/mol. The quantitative estimate of drug-likeness (QED) is 0.703. The van der Waals surface area contributed by atoms with Gasteiger partial charge in [0.15, 0.2) is 0 Å². The van der Waals surface area contributed by atoms with Crippen LogP contribution in [-0.4, -0.2) is 11.6 Å². The summed E-state index contributed by atoms with van der Waals surface area (Å²) in [7, 11) is 0. The van der Waals surface area contributed by atoms with Gasteiger partial charge in [0.25, 0.3) is 0 Å². The van der Waals surface area contributed by atoms with E-state index in [1.807, 2.05) is 0 Å². The van der Waals surface area contributed by atoms with E-state index < -0.39 is 0 Å². The van der Waals surface area contributed by atoms with Crippen molar-refractivity contribution < 1.29 is 0 Å². The zero-order chi connectivity index (χ0) is 14.4. The van der Waals surface area contributed by atoms with Gasteiger partial charge in [0.2, 0.25) is 0 Å². The van der Waals surface area contributed by atoms with Crippen LogP contribution in [0, 0.1) is 22.7 Å². The maximum Gasteiger partial charge on any atom is 0.00991 e. The van der Waals surface area contributed by atoms with Gasteiger partial charge in [-0.3, -0.25) is 0 Å². The van der Waals surface area contributed by atoms with Crippen LogP contribution in [-0.2, 0) is 0 Å². The van der Waals surface area contributed by atoms with Crippen molar-refractivity contribution in [3.05, 3.63) is 0 Å². The highest BCUT2D eigenvalue weighted by Gasteiger charge is 2.46. The van der Waals surface area contributed by atoms with Gasteiger partial charge < -0.3 is 5.32 Å². The van der Waals surface area contributed by atoms with Crippen molar-refractivity contribution in [2.45, 2.75) is 86.7 Å². The average Bonchev–Trinajstić information content (AvgIpc) is 1.91. The van der Waals surface area contributed by atoms with E-state index in [1.165, 1.54) is 12.8 Å². The zero-order valence-electron chi connectivity index (χ0n) is 14.1. The van der Waals surface area contributed by atoms with Crippen LogP contribution in [0.15, 0.2) is 0 Å². The summed E-state index contributed by atoms with van der Waals surface area (Å²) >= 11 is 0. The molecule has 0 aromatic heterocycles. The van der Waals surface area contributed by atoms with Crippen molar-refractivity contribution in [2.75, 3.05) is 0 Å². The molecule has 0 amide bonds. The van der Waals surface area contributed by atoms with Gasteiger partial charge in [-0.05, 0) is 56.3 Å². The zero-order valence-corrected chi connectivity index (χ0v) is 14.1. The monoisotopic (exact) mass is 253 g/mol. The third kappa shape index (κ3) is 3.98. The Hall–Kier alpha value is -0.0400. The minimum absolute atomic E-state index is 0.231. The molecule has 1 N–H and O–H groups in total. The Labute approximate surface area is 115 Å². The predicted molar refractivity (Wildman–Crippen MR) is 81.8 cm³/mol. The summed E-state index contributed by atoms with van der Waals surface area (Å²) in [5, 5.41) is 3.82. The molecule has 1 aliphatic rings. The van der Waals surface area contributed by atoms with E-state index in [2.05, 4.69) is 67.6 Å². The van der Waals surface area contributed by atoms with E-state index in [1.54, 1.807) is 0 Å². The van der Waals surface area contributed by atoms with Crippen LogP contribution in [0.5, 0.6) is 0 Å². The summed E-state index contributed by atoms with van der Waals surface area (Å²) in [4.78, 5) is 0. The van der Waals surface area contributed by atoms with E-state index in [0.717, 1.165) is 11.8 Å². The lowest BCUT2D eigenvalue weighted by atomic mass is 9.54. The number of hydrogen-bond acceptors (Lipinski definition) is 1. The molecule has 1 rings (SSSR count). The fourth-order valence-electron chi connectivity index (χ4n) is 4.95. The normalized spacial score (nSPS) is 33.5. The highest BCUT2D eigenvalue weighted by Crippen LogP contribution is 2.52. The van der Waals surface area contributed by atoms with Gasteiger partial charge in [-0.15, -0.1) is 0 Å². The first kappa shape index (κ1) is 16.0. The van der Waals surface area contributed by atoms with Gasteiger partial charge in [-0.25, -0.2) is 0 Å². The molecule has 0 aromatic carbocycles. The molecule has 1 aliphatic carbocycles. The number of hydrogen-bond donors (Lipinski definition) is 1. The molecule has 0 heterocycles. The highest BCUT2D eigenvalue weighted by atomic mass is 15.0. The fraction of sp³-hybridized carbons (Fsp3) is 1.00. The van der Waals surface area contributed by atoms with Crippen LogP contribution >= 0.6 is 0 Å². The topological polar surface area (TPSA) is 12.0 Å². The molecule has 1 nitrogen and oxygen atoms in total. The smallest absolute Gasteiger partial charge is 0.00991 e. The molecule has 1 fully saturated rings. The van der Waals surface area contributed by atoms with E-state index in [9.17, 15) is 0 Å². The molecule has 0 radical (unpaired) electrons. The number of nitrogens with one attached hydrogen (secondary N) is 1. The molecule has 108 valence electrons. The molecular weight excluding hydrogens is 218 g/mol. The van der Waals surface area contributed by atoms with E-state index in [4.69, 9.17) is 0 Å². The standard InChI is InChI=1S/C17H35N/c1-12-10-13(18-16(5,6)7)11-17(8,9)14(12)15(2,3)4/h12-14,18H,10-11H2,1-9H3. The Bertz CT molecular complexity index is 277. The first-order valence-corrected chi connectivity index (χ1v) is 7.61. The van der Waals surface area contributed by atoms with E-state index in [-0.39, 0.29) is 5.54 Å². The minimum atomic E-state index is 0.231. The molecule has 18 heavy (non-hydrogen) atoms. The lowest BCUT2D eigenvalue weighted by Crippen LogP contribution is -2.53. The van der Waals surface area contributed by atoms with Crippen molar-refractivity contribution in [3.63, 3.8) is 0 Å². The summed E-state index contributed by atoms with van der Waals surface area (Å²) in [5.74, 6) is 1.61. The Morgan fingerprint density at radius 2 is 1.50 bits per heavy atom. The molecule has 0 saturated heterocycles. The van der Waals surface area contributed by atoms with E-state index >= 15 is 0 Å². The lowest BCUT2D eigenvalue weighted by Gasteiger charge is -2.53. The van der Waals surface area contributed by atoms with Crippen LogP contribution in [0.4, 0.5) is 0 Å². The Morgan fingerprint density at radius 3 is 1.83 bits per heavy atom. The lowest BCUT2D eigenvalue weighted by molar-refractivity contribution is -0.0202. The second-order valence-corrected chi connectivity index (χ2v) is 9.34. The molecule has 3 unspecified atom stereocenters. The summed E-state index contributed by atoms with van der Waals surface area (Å²) < 4.78 is 0. The summed E-state index contributed by atoms with van der Waals surface area (Å²) in [5.41, 5.74) is 1.07. The Balaban J connectivity index is 2.84. The van der Waals surface area contributed by atoms with Gasteiger partial charge in [-0.2, -0.15) is 0 Å². The summed E-state index contributed by atoms with van der Waals surface area (Å²) in [6, 6.07) is 0.675. The van der Waals surface area contributed by atoms with Crippen molar-refractivity contribution in [1.29, 1.82) is 0 Å². The largest absolute Gasteiger partial charge is 0.309 e. The maximum atomic E-state index is 3.82. The minimum Gasteiger partial charge on any atom is -0.309 e. The Morgan fingerprint density at radius 1 is 1.00 bits per heavy atom. The van der Waals surface area contributed by atoms with Crippen molar-refractivity contribution in [1.82, 2.24) is 5.32 Å². The highest BCUT2D eigenvalue weighted by molar-refractivity contribution is 4.98. The third-order valence-electron chi connectivity index (χ3n) is 4.41. The molecule has 1 saturated carbocycles. The predicted octanol–water partition coefficient (Wildman–Crippen LogP) is 4.86. The first-order chi connectivity index (χ1) is 7.83. The van der Waals surface area contributed by atoms with Crippen LogP contribution < -0.4 is 5.32 Å². The van der Waals surface area contributed by atoms with Crippen molar-refractivity contribution >= 4 is 0 Å². The molecule has 1 heteroatoms. The van der Waals surface area contributed by atoms with Gasteiger partial charge in [0, 0.05) is 11.6 Å². The van der Waals surface area contributed by atoms with Gasteiger partial charge in [0.1, 0.15) is 0 Å². The molecule has 3 atom stereocenters. The SMILES string of the molecule is CC1CC(NC(C)(C)C)CC(C)(C)C1C(C)(C)C. The molecule has 0 aromatic rings. The second-order valence-electron chi connectivity index (χ2n) is 9.34. The molecule has 0 aliphatic heterocycles. The third-order valence-corrected chi connectivity index (χ3v) is 4.41. The Kier molecular flexibility index (Phi) is 4.28. The molecule has 0 bridgehead atoms. The number of rotatable bonds is 1. The summed E-state index contributed by atoms with van der Waals surface area (Å²) in [6.45, 7) is 21.5. The fourth-order valence-corrected chi connectivity index (χ4v) is 4.95. The van der Waals surface area contributed by atoms with Gasteiger partial charge >= 0.3 is 0 Å². The van der Waals surface area contributed by atoms with Crippen LogP contribution in [0.25, 0.3) is 0 Å². The van der Waals surface area contributed by atoms with Crippen LogP contribution in [0.2, 0.25) is 0 Å². The first-order valence-electron chi connectivity index (χ1n) is 7.61. The summed E-state index contributed by atoms with van der Waals surface area (Å²) in [6.07, 6.45) is 2.62. The van der Waals surface area contributed by atoms with Gasteiger partial charge in [-0.1, -0.05) is 41.5 Å². The second kappa shape index (κ2) is 4.81. The van der Waals surface area contributed by atoms with Crippen LogP contribution in [0.1, 0.15) is 75.2 Å². The molecular formula is C17H35N. The molecule has 0 spiro atoms. The van der Waals surface area contributed by atoms with E-state index in [0.29, 0.717) is 16.9 Å². The van der Waals surface area contributed by atoms with Gasteiger partial charge in [0.05, 0.1) is 0 Å². The van der Waals surface area contributed by atoms with Crippen molar-refractivity contribution in [2.24, 2.45) is 22.7 Å². The van der Waals surface area contributed by atoms with Crippen molar-refractivity contribution in [3.8, 4) is 0 Å².